The van der Waals surface area contributed by atoms with Gasteiger partial charge in [0.05, 0.1) is 13.2 Å². The summed E-state index contributed by atoms with van der Waals surface area (Å²) >= 11 is 0. The van der Waals surface area contributed by atoms with E-state index >= 15 is 0 Å². The number of rotatable bonds is 10. The summed E-state index contributed by atoms with van der Waals surface area (Å²) in [6.07, 6.45) is 0.611. The highest BCUT2D eigenvalue weighted by atomic mass is 32.2. The molecule has 21 heavy (non-hydrogen) atoms. The number of furan rings is 1. The van der Waals surface area contributed by atoms with Gasteiger partial charge in [-0.3, -0.25) is 0 Å². The first-order chi connectivity index (χ1) is 9.97. The van der Waals surface area contributed by atoms with Gasteiger partial charge >= 0.3 is 0 Å². The molecule has 0 spiro atoms. The molecule has 0 aromatic carbocycles. The molecule has 0 aliphatic carbocycles. The zero-order valence-electron chi connectivity index (χ0n) is 12.8. The smallest absolute Gasteiger partial charge is 0.246 e. The lowest BCUT2D eigenvalue weighted by Gasteiger charge is -2.21. The minimum absolute atomic E-state index is 0.163. The van der Waals surface area contributed by atoms with Crippen LogP contribution >= 0.6 is 0 Å². The summed E-state index contributed by atoms with van der Waals surface area (Å²) in [5, 5.41) is 0. The molecular formula is C13H24N2O5S. The Morgan fingerprint density at radius 3 is 2.43 bits per heavy atom. The van der Waals surface area contributed by atoms with Crippen molar-refractivity contribution >= 4 is 10.0 Å². The predicted molar refractivity (Wildman–Crippen MR) is 78.5 cm³/mol. The van der Waals surface area contributed by atoms with Gasteiger partial charge in [-0.2, -0.15) is 4.31 Å². The molecule has 1 rings (SSSR count). The minimum atomic E-state index is -3.63. The molecule has 0 saturated heterocycles. The SMILES string of the molecule is COCCCN(CCOC)S(=O)(=O)c1cc(CN)oc1C. The van der Waals surface area contributed by atoms with Gasteiger partial charge in [0.2, 0.25) is 10.0 Å². The van der Waals surface area contributed by atoms with E-state index in [2.05, 4.69) is 0 Å². The quantitative estimate of drug-likeness (QED) is 0.638. The van der Waals surface area contributed by atoms with Gasteiger partial charge in [-0.25, -0.2) is 8.42 Å². The molecule has 0 unspecified atom stereocenters. The summed E-state index contributed by atoms with van der Waals surface area (Å²) in [6, 6.07) is 1.49. The second kappa shape index (κ2) is 8.50. The van der Waals surface area contributed by atoms with Crippen LogP contribution in [0.3, 0.4) is 0 Å². The number of hydrogen-bond acceptors (Lipinski definition) is 6. The zero-order valence-corrected chi connectivity index (χ0v) is 13.6. The minimum Gasteiger partial charge on any atom is -0.464 e. The Kier molecular flexibility index (Phi) is 7.33. The summed E-state index contributed by atoms with van der Waals surface area (Å²) in [6.45, 7) is 3.26. The largest absolute Gasteiger partial charge is 0.464 e. The van der Waals surface area contributed by atoms with E-state index < -0.39 is 10.0 Å². The molecule has 122 valence electrons. The fourth-order valence-corrected chi connectivity index (χ4v) is 3.60. The molecule has 1 heterocycles. The van der Waals surface area contributed by atoms with Crippen LogP contribution in [0.25, 0.3) is 0 Å². The van der Waals surface area contributed by atoms with Crippen molar-refractivity contribution in [2.75, 3.05) is 40.5 Å². The Labute approximate surface area is 126 Å². The molecule has 0 atom stereocenters. The van der Waals surface area contributed by atoms with Crippen molar-refractivity contribution in [1.82, 2.24) is 4.31 Å². The number of ether oxygens (including phenoxy) is 2. The lowest BCUT2D eigenvalue weighted by Crippen LogP contribution is -2.35. The van der Waals surface area contributed by atoms with Crippen molar-refractivity contribution in [3.8, 4) is 0 Å². The van der Waals surface area contributed by atoms with Crippen molar-refractivity contribution in [3.05, 3.63) is 17.6 Å². The van der Waals surface area contributed by atoms with Crippen LogP contribution in [-0.2, 0) is 26.0 Å². The van der Waals surface area contributed by atoms with Gasteiger partial charge in [0.1, 0.15) is 16.4 Å². The Morgan fingerprint density at radius 1 is 1.24 bits per heavy atom. The molecule has 1 aromatic heterocycles. The molecule has 0 saturated carbocycles. The number of hydrogen-bond donors (Lipinski definition) is 1. The first kappa shape index (κ1) is 18.1. The lowest BCUT2D eigenvalue weighted by atomic mass is 10.4. The van der Waals surface area contributed by atoms with Gasteiger partial charge < -0.3 is 19.6 Å². The molecular weight excluding hydrogens is 296 g/mol. The summed E-state index contributed by atoms with van der Waals surface area (Å²) < 4.78 is 42.1. The molecule has 8 heteroatoms. The Bertz CT molecular complexity index is 527. The van der Waals surface area contributed by atoms with Crippen molar-refractivity contribution in [2.45, 2.75) is 24.8 Å². The van der Waals surface area contributed by atoms with Crippen LogP contribution in [0.5, 0.6) is 0 Å². The average Bonchev–Trinajstić information content (AvgIpc) is 2.84. The Morgan fingerprint density at radius 2 is 1.90 bits per heavy atom. The third-order valence-corrected chi connectivity index (χ3v) is 5.05. The van der Waals surface area contributed by atoms with E-state index in [0.717, 1.165) is 0 Å². The van der Waals surface area contributed by atoms with Crippen molar-refractivity contribution in [1.29, 1.82) is 0 Å². The van der Waals surface area contributed by atoms with E-state index in [0.29, 0.717) is 37.7 Å². The highest BCUT2D eigenvalue weighted by molar-refractivity contribution is 7.89. The van der Waals surface area contributed by atoms with E-state index in [1.165, 1.54) is 17.5 Å². The van der Waals surface area contributed by atoms with Crippen molar-refractivity contribution in [2.24, 2.45) is 5.73 Å². The van der Waals surface area contributed by atoms with Crippen LogP contribution < -0.4 is 5.73 Å². The highest BCUT2D eigenvalue weighted by Crippen LogP contribution is 2.23. The number of methoxy groups -OCH3 is 2. The van der Waals surface area contributed by atoms with Crippen LogP contribution in [0, 0.1) is 6.92 Å². The van der Waals surface area contributed by atoms with Gasteiger partial charge in [-0.15, -0.1) is 0 Å². The molecule has 0 fully saturated rings. The third-order valence-electron chi connectivity index (χ3n) is 3.04. The first-order valence-electron chi connectivity index (χ1n) is 6.74. The summed E-state index contributed by atoms with van der Waals surface area (Å²) in [5.41, 5.74) is 5.49. The maximum absolute atomic E-state index is 12.7. The normalized spacial score (nSPS) is 12.2. The summed E-state index contributed by atoms with van der Waals surface area (Å²) in [5.74, 6) is 0.805. The van der Waals surface area contributed by atoms with Gasteiger partial charge in [0.15, 0.2) is 0 Å². The molecule has 0 aliphatic heterocycles. The standard InChI is InChI=1S/C13H24N2O5S/c1-11-13(9-12(10-14)20-11)21(16,17)15(6-8-19-3)5-4-7-18-2/h9H,4-8,10,14H2,1-3H3. The van der Waals surface area contributed by atoms with E-state index in [1.807, 2.05) is 0 Å². The topological polar surface area (TPSA) is 95.0 Å². The van der Waals surface area contributed by atoms with Crippen molar-refractivity contribution in [3.63, 3.8) is 0 Å². The summed E-state index contributed by atoms with van der Waals surface area (Å²) in [7, 11) is -0.503. The van der Waals surface area contributed by atoms with E-state index in [4.69, 9.17) is 19.6 Å². The van der Waals surface area contributed by atoms with Crippen LogP contribution in [0.15, 0.2) is 15.4 Å². The first-order valence-corrected chi connectivity index (χ1v) is 8.18. The van der Waals surface area contributed by atoms with Crippen LogP contribution in [-0.4, -0.2) is 53.2 Å². The van der Waals surface area contributed by atoms with Crippen LogP contribution in [0.1, 0.15) is 17.9 Å². The molecule has 2 N–H and O–H groups in total. The second-order valence-electron chi connectivity index (χ2n) is 4.58. The molecule has 0 aliphatic rings. The molecule has 0 amide bonds. The van der Waals surface area contributed by atoms with E-state index in [-0.39, 0.29) is 18.0 Å². The molecule has 0 bridgehead atoms. The van der Waals surface area contributed by atoms with Crippen LogP contribution in [0.2, 0.25) is 0 Å². The third kappa shape index (κ3) is 4.79. The fraction of sp³-hybridized carbons (Fsp3) is 0.692. The van der Waals surface area contributed by atoms with E-state index in [9.17, 15) is 8.42 Å². The number of aryl methyl sites for hydroxylation is 1. The van der Waals surface area contributed by atoms with Gasteiger partial charge in [-0.05, 0) is 13.3 Å². The van der Waals surface area contributed by atoms with Crippen molar-refractivity contribution < 1.29 is 22.3 Å². The Hall–Kier alpha value is -0.930. The number of nitrogens with zero attached hydrogens (tertiary/aromatic N) is 1. The second-order valence-corrected chi connectivity index (χ2v) is 6.49. The monoisotopic (exact) mass is 320 g/mol. The fourth-order valence-electron chi connectivity index (χ4n) is 1.95. The van der Waals surface area contributed by atoms with Gasteiger partial charge in [-0.1, -0.05) is 0 Å². The van der Waals surface area contributed by atoms with Gasteiger partial charge in [0.25, 0.3) is 0 Å². The lowest BCUT2D eigenvalue weighted by molar-refractivity contribution is 0.164. The maximum Gasteiger partial charge on any atom is 0.246 e. The maximum atomic E-state index is 12.7. The zero-order chi connectivity index (χ0) is 15.9. The van der Waals surface area contributed by atoms with Gasteiger partial charge in [0, 0.05) is 40.0 Å². The predicted octanol–water partition coefficient (Wildman–Crippen LogP) is 0.720. The number of sulfonamides is 1. The highest BCUT2D eigenvalue weighted by Gasteiger charge is 2.28. The summed E-state index contributed by atoms with van der Waals surface area (Å²) in [4.78, 5) is 0.163. The molecule has 0 radical (unpaired) electrons. The van der Waals surface area contributed by atoms with Crippen LogP contribution in [0.4, 0.5) is 0 Å². The molecule has 7 nitrogen and oxygen atoms in total. The van der Waals surface area contributed by atoms with E-state index in [1.54, 1.807) is 14.0 Å². The average molecular weight is 320 g/mol. The molecule has 1 aromatic rings. The Balaban J connectivity index is 2.98. The number of nitrogens with two attached hydrogens (primary N) is 1.